The van der Waals surface area contributed by atoms with E-state index in [1.54, 1.807) is 18.3 Å². The van der Waals surface area contributed by atoms with E-state index >= 15 is 0 Å². The van der Waals surface area contributed by atoms with Gasteiger partial charge >= 0.3 is 0 Å². The number of allylic oxidation sites excluding steroid dienone is 3. The third-order valence-electron chi connectivity index (χ3n) is 5.54. The van der Waals surface area contributed by atoms with Crippen molar-refractivity contribution >= 4 is 22.5 Å². The van der Waals surface area contributed by atoms with Crippen molar-refractivity contribution in [3.05, 3.63) is 65.9 Å². The number of phenolic OH excluding ortho intramolecular Hbond substituents is 1. The number of anilines is 1. The van der Waals surface area contributed by atoms with E-state index in [0.29, 0.717) is 29.6 Å². The summed E-state index contributed by atoms with van der Waals surface area (Å²) in [5, 5.41) is 14.5. The molecule has 0 spiro atoms. The normalized spacial score (nSPS) is 12.2. The van der Waals surface area contributed by atoms with Crippen molar-refractivity contribution in [3.63, 3.8) is 0 Å². The molecule has 1 amide bonds. The maximum absolute atomic E-state index is 13.0. The van der Waals surface area contributed by atoms with Gasteiger partial charge in [0.15, 0.2) is 5.75 Å². The number of rotatable bonds is 10. The fraction of sp³-hybridized carbons (Fsp3) is 0.360. The number of hydrogen-bond donors (Lipinski definition) is 2. The van der Waals surface area contributed by atoms with E-state index in [1.165, 1.54) is 0 Å². The van der Waals surface area contributed by atoms with Gasteiger partial charge in [0.05, 0.1) is 11.3 Å². The Hall–Kier alpha value is -3.15. The van der Waals surface area contributed by atoms with E-state index in [-0.39, 0.29) is 23.3 Å². The highest BCUT2D eigenvalue weighted by molar-refractivity contribution is 6.09. The number of amides is 1. The number of carbonyl (C=O) groups is 1. The zero-order valence-electron chi connectivity index (χ0n) is 18.8. The molecule has 31 heavy (non-hydrogen) atoms. The van der Waals surface area contributed by atoms with Gasteiger partial charge in [-0.05, 0) is 50.0 Å². The lowest BCUT2D eigenvalue weighted by atomic mass is 9.98. The number of aromatic hydroxyl groups is 1. The molecule has 2 rings (SSSR count). The smallest absolute Gasteiger partial charge is 0.255 e. The average Bonchev–Trinajstić information content (AvgIpc) is 2.76. The van der Waals surface area contributed by atoms with Gasteiger partial charge in [0.2, 0.25) is 0 Å². The van der Waals surface area contributed by atoms with Crippen molar-refractivity contribution in [2.45, 2.75) is 39.7 Å². The van der Waals surface area contributed by atoms with E-state index in [1.807, 2.05) is 26.1 Å². The number of nitrogens with zero attached hydrogens (tertiary/aromatic N) is 2. The minimum Gasteiger partial charge on any atom is -0.505 e. The average molecular weight is 426 g/mol. The van der Waals surface area contributed by atoms with Crippen LogP contribution in [-0.2, 0) is 0 Å². The third-order valence-corrected chi connectivity index (χ3v) is 5.54. The van der Waals surface area contributed by atoms with Crippen LogP contribution in [0.15, 0.2) is 54.8 Å². The number of fused-ring (bicyclic) bond motifs is 1. The predicted molar refractivity (Wildman–Crippen MR) is 127 cm³/mol. The van der Waals surface area contributed by atoms with Crippen LogP contribution in [0.4, 0.5) is 10.1 Å². The fourth-order valence-electron chi connectivity index (χ4n) is 3.42. The lowest BCUT2D eigenvalue weighted by Crippen LogP contribution is -2.31. The second kappa shape index (κ2) is 10.8. The first-order valence-electron chi connectivity index (χ1n) is 10.4. The lowest BCUT2D eigenvalue weighted by Gasteiger charge is -2.30. The minimum atomic E-state index is -0.609. The number of pyridine rings is 1. The molecule has 0 fully saturated rings. The van der Waals surface area contributed by atoms with Gasteiger partial charge in [-0.2, -0.15) is 0 Å². The molecule has 0 saturated heterocycles. The van der Waals surface area contributed by atoms with Crippen molar-refractivity contribution in [2.24, 2.45) is 0 Å². The molecular weight excluding hydrogens is 393 g/mol. The summed E-state index contributed by atoms with van der Waals surface area (Å²) in [6.45, 7) is 13.3. The summed E-state index contributed by atoms with van der Waals surface area (Å²) >= 11 is 0. The summed E-state index contributed by atoms with van der Waals surface area (Å²) < 4.78 is 12.5. The number of nitrogens with one attached hydrogen (secondary N) is 1. The topological polar surface area (TPSA) is 65.5 Å². The summed E-state index contributed by atoms with van der Waals surface area (Å²) in [5.41, 5.74) is 3.33. The molecule has 0 saturated carbocycles. The van der Waals surface area contributed by atoms with Crippen molar-refractivity contribution < 1.29 is 14.3 Å². The Kier molecular flexibility index (Phi) is 8.37. The highest BCUT2D eigenvalue weighted by Gasteiger charge is 2.25. The van der Waals surface area contributed by atoms with Crippen LogP contribution in [0.1, 0.15) is 42.6 Å². The second-order valence-corrected chi connectivity index (χ2v) is 7.75. The Labute approximate surface area is 184 Å². The van der Waals surface area contributed by atoms with E-state index in [0.717, 1.165) is 23.1 Å². The molecule has 1 unspecified atom stereocenters. The van der Waals surface area contributed by atoms with Crippen molar-refractivity contribution in [3.8, 4) is 5.75 Å². The molecule has 0 radical (unpaired) electrons. The van der Waals surface area contributed by atoms with Crippen molar-refractivity contribution in [1.29, 1.82) is 0 Å². The number of phenols is 1. The van der Waals surface area contributed by atoms with Gasteiger partial charge in [0, 0.05) is 31.2 Å². The van der Waals surface area contributed by atoms with E-state index in [2.05, 4.69) is 42.2 Å². The van der Waals surface area contributed by atoms with Gasteiger partial charge in [-0.25, -0.2) is 4.39 Å². The molecule has 0 aliphatic rings. The van der Waals surface area contributed by atoms with Gasteiger partial charge in [0.25, 0.3) is 5.91 Å². The number of aromatic nitrogens is 1. The summed E-state index contributed by atoms with van der Waals surface area (Å²) in [4.78, 5) is 19.5. The van der Waals surface area contributed by atoms with Crippen LogP contribution in [-0.4, -0.2) is 42.3 Å². The van der Waals surface area contributed by atoms with Gasteiger partial charge < -0.3 is 15.3 Å². The number of benzene rings is 1. The van der Waals surface area contributed by atoms with Crippen LogP contribution >= 0.6 is 0 Å². The molecule has 0 bridgehead atoms. The van der Waals surface area contributed by atoms with Crippen LogP contribution in [0.25, 0.3) is 10.9 Å². The third kappa shape index (κ3) is 5.51. The van der Waals surface area contributed by atoms with Gasteiger partial charge in [-0.3, -0.25) is 9.78 Å². The minimum absolute atomic E-state index is 0.120. The molecule has 0 aliphatic carbocycles. The number of carbonyl (C=O) groups excluding carboxylic acids is 1. The van der Waals surface area contributed by atoms with Crippen LogP contribution in [0.3, 0.4) is 0 Å². The van der Waals surface area contributed by atoms with Crippen molar-refractivity contribution in [2.75, 3.05) is 25.2 Å². The van der Waals surface area contributed by atoms with Crippen LogP contribution < -0.4 is 10.2 Å². The molecule has 1 aromatic heterocycles. The van der Waals surface area contributed by atoms with Crippen molar-refractivity contribution in [1.82, 2.24) is 10.3 Å². The Bertz CT molecular complexity index is 1010. The molecule has 6 heteroatoms. The Morgan fingerprint density at radius 1 is 1.35 bits per heavy atom. The second-order valence-electron chi connectivity index (χ2n) is 7.75. The first kappa shape index (κ1) is 24.1. The fourth-order valence-corrected chi connectivity index (χ4v) is 3.42. The predicted octanol–water partition coefficient (Wildman–Crippen LogP) is 5.24. The first-order chi connectivity index (χ1) is 14.7. The van der Waals surface area contributed by atoms with Gasteiger partial charge in [0.1, 0.15) is 12.2 Å². The SMILES string of the molecule is C=C(/C=C\C(=C)CCNC(=O)c1c(C)c(N(C)C(C)CC)c2cccnc2c1O)CF. The number of halogens is 1. The molecule has 1 heterocycles. The summed E-state index contributed by atoms with van der Waals surface area (Å²) in [6, 6.07) is 3.98. The molecule has 2 N–H and O–H groups in total. The van der Waals surface area contributed by atoms with Crippen LogP contribution in [0.2, 0.25) is 0 Å². The van der Waals surface area contributed by atoms with Crippen LogP contribution in [0.5, 0.6) is 5.75 Å². The maximum Gasteiger partial charge on any atom is 0.255 e. The molecule has 5 nitrogen and oxygen atoms in total. The van der Waals surface area contributed by atoms with Gasteiger partial charge in [-0.15, -0.1) is 0 Å². The van der Waals surface area contributed by atoms with E-state index in [4.69, 9.17) is 0 Å². The number of alkyl halides is 1. The Balaban J connectivity index is 2.32. The monoisotopic (exact) mass is 425 g/mol. The summed E-state index contributed by atoms with van der Waals surface area (Å²) in [5.74, 6) is -0.490. The highest BCUT2D eigenvalue weighted by atomic mass is 19.1. The van der Waals surface area contributed by atoms with Crippen LogP contribution in [0, 0.1) is 6.92 Å². The molecule has 1 aromatic carbocycles. The van der Waals surface area contributed by atoms with E-state index < -0.39 is 6.67 Å². The standard InChI is InChI=1S/C25H32FN3O2/c1-7-18(4)29(6)23-19(5)21(24(30)22-20(23)9-8-13-27-22)25(31)28-14-12-16(2)10-11-17(3)15-26/h8-11,13,18,30H,2-3,7,12,14-15H2,1,4-6H3,(H,28,31)/b11-10-. The Morgan fingerprint density at radius 3 is 2.68 bits per heavy atom. The zero-order valence-corrected chi connectivity index (χ0v) is 18.8. The molecule has 166 valence electrons. The molecular formula is C25H32FN3O2. The Morgan fingerprint density at radius 2 is 2.03 bits per heavy atom. The summed E-state index contributed by atoms with van der Waals surface area (Å²) in [7, 11) is 1.99. The number of hydrogen-bond acceptors (Lipinski definition) is 4. The van der Waals surface area contributed by atoms with E-state index in [9.17, 15) is 14.3 Å². The molecule has 1 atom stereocenters. The quantitative estimate of drug-likeness (QED) is 0.511. The molecule has 2 aromatic rings. The molecule has 0 aliphatic heterocycles. The lowest BCUT2D eigenvalue weighted by molar-refractivity contribution is 0.0951. The highest BCUT2D eigenvalue weighted by Crippen LogP contribution is 2.39. The maximum atomic E-state index is 13.0. The zero-order chi connectivity index (χ0) is 23.1. The summed E-state index contributed by atoms with van der Waals surface area (Å²) in [6.07, 6.45) is 6.30. The van der Waals surface area contributed by atoms with Gasteiger partial charge in [-0.1, -0.05) is 37.8 Å². The first-order valence-corrected chi connectivity index (χ1v) is 10.4. The largest absolute Gasteiger partial charge is 0.505 e.